The predicted octanol–water partition coefficient (Wildman–Crippen LogP) is 1.04. The first-order valence-corrected chi connectivity index (χ1v) is 3.98. The van der Waals surface area contributed by atoms with Gasteiger partial charge in [0.2, 0.25) is 0 Å². The van der Waals surface area contributed by atoms with Crippen molar-refractivity contribution in [2.75, 3.05) is 7.11 Å². The van der Waals surface area contributed by atoms with Crippen molar-refractivity contribution in [2.45, 2.75) is 0 Å². The van der Waals surface area contributed by atoms with Crippen LogP contribution in [-0.4, -0.2) is 27.6 Å². The van der Waals surface area contributed by atoms with Gasteiger partial charge in [-0.1, -0.05) is 6.07 Å². The Morgan fingerprint density at radius 1 is 1.57 bits per heavy atom. The van der Waals surface area contributed by atoms with Crippen molar-refractivity contribution in [3.63, 3.8) is 0 Å². The molecule has 0 bridgehead atoms. The fourth-order valence-corrected chi connectivity index (χ4v) is 1.32. The van der Waals surface area contributed by atoms with Crippen LogP contribution >= 0.6 is 0 Å². The number of aromatic nitrogens is 2. The van der Waals surface area contributed by atoms with E-state index in [0.717, 1.165) is 0 Å². The molecule has 0 radical (unpaired) electrons. The largest absolute Gasteiger partial charge is 0.482 e. The second-order valence-corrected chi connectivity index (χ2v) is 2.71. The van der Waals surface area contributed by atoms with Crippen molar-refractivity contribution in [1.29, 1.82) is 0 Å². The highest BCUT2D eigenvalue weighted by molar-refractivity contribution is 5.86. The molecule has 0 fully saturated rings. The van der Waals surface area contributed by atoms with E-state index in [-0.39, 0.29) is 5.69 Å². The molecule has 0 aliphatic rings. The van der Waals surface area contributed by atoms with E-state index in [9.17, 15) is 4.79 Å². The summed E-state index contributed by atoms with van der Waals surface area (Å²) in [6.07, 6.45) is 1.31. The van der Waals surface area contributed by atoms with Crippen LogP contribution in [0.1, 0.15) is 10.5 Å². The zero-order valence-electron chi connectivity index (χ0n) is 7.47. The molecule has 0 atom stereocenters. The molecular weight excluding hydrogens is 184 g/mol. The van der Waals surface area contributed by atoms with E-state index >= 15 is 0 Å². The number of hydrogen-bond donors (Lipinski definition) is 1. The molecule has 72 valence electrons. The second kappa shape index (κ2) is 3.02. The van der Waals surface area contributed by atoms with E-state index < -0.39 is 5.97 Å². The summed E-state index contributed by atoms with van der Waals surface area (Å²) >= 11 is 0. The molecular formula is C9H8N2O3. The minimum absolute atomic E-state index is 0.0949. The number of pyridine rings is 1. The Morgan fingerprint density at radius 3 is 3.00 bits per heavy atom. The fourth-order valence-electron chi connectivity index (χ4n) is 1.32. The molecule has 2 heterocycles. The van der Waals surface area contributed by atoms with Crippen LogP contribution in [0.2, 0.25) is 0 Å². The molecule has 0 amide bonds. The molecule has 2 aromatic heterocycles. The molecule has 0 spiro atoms. The topological polar surface area (TPSA) is 63.8 Å². The third-order valence-electron chi connectivity index (χ3n) is 1.92. The third kappa shape index (κ3) is 1.10. The molecule has 1 N–H and O–H groups in total. The standard InChI is InChI=1S/C9H8N2O3/c1-14-8-4-2-3-7-10-5-6(9(12)13)11(7)8/h2-5H,1H3,(H,12,13). The van der Waals surface area contributed by atoms with Crippen molar-refractivity contribution in [2.24, 2.45) is 0 Å². The van der Waals surface area contributed by atoms with E-state index in [4.69, 9.17) is 9.84 Å². The average Bonchev–Trinajstić information content (AvgIpc) is 2.60. The van der Waals surface area contributed by atoms with Crippen LogP contribution in [0.15, 0.2) is 24.4 Å². The van der Waals surface area contributed by atoms with Gasteiger partial charge in [-0.05, 0) is 12.1 Å². The molecule has 0 unspecified atom stereocenters. The Hall–Kier alpha value is -2.04. The monoisotopic (exact) mass is 192 g/mol. The van der Waals surface area contributed by atoms with Crippen LogP contribution in [0.25, 0.3) is 5.65 Å². The number of carboxylic acids is 1. The quantitative estimate of drug-likeness (QED) is 0.772. The van der Waals surface area contributed by atoms with Crippen molar-refractivity contribution < 1.29 is 14.6 Å². The molecule has 2 rings (SSSR count). The number of carbonyl (C=O) groups is 1. The van der Waals surface area contributed by atoms with Crippen LogP contribution in [0, 0.1) is 0 Å². The van der Waals surface area contributed by atoms with E-state index in [1.807, 2.05) is 0 Å². The van der Waals surface area contributed by atoms with E-state index in [2.05, 4.69) is 4.98 Å². The number of hydrogen-bond acceptors (Lipinski definition) is 3. The summed E-state index contributed by atoms with van der Waals surface area (Å²) in [5.74, 6) is -0.570. The van der Waals surface area contributed by atoms with E-state index in [0.29, 0.717) is 11.5 Å². The smallest absolute Gasteiger partial charge is 0.354 e. The van der Waals surface area contributed by atoms with E-state index in [1.54, 1.807) is 18.2 Å². The normalized spacial score (nSPS) is 10.4. The van der Waals surface area contributed by atoms with Crippen molar-refractivity contribution in [3.8, 4) is 5.88 Å². The number of ether oxygens (including phenoxy) is 1. The first-order valence-electron chi connectivity index (χ1n) is 3.98. The van der Waals surface area contributed by atoms with Gasteiger partial charge < -0.3 is 9.84 Å². The maximum atomic E-state index is 10.8. The summed E-state index contributed by atoms with van der Waals surface area (Å²) in [5.41, 5.74) is 0.652. The van der Waals surface area contributed by atoms with Gasteiger partial charge in [0.05, 0.1) is 13.3 Å². The minimum Gasteiger partial charge on any atom is -0.482 e. The summed E-state index contributed by atoms with van der Waals surface area (Å²) in [4.78, 5) is 14.8. The van der Waals surface area contributed by atoms with Crippen molar-refractivity contribution in [1.82, 2.24) is 9.38 Å². The first-order chi connectivity index (χ1) is 6.74. The predicted molar refractivity (Wildman–Crippen MR) is 48.7 cm³/mol. The number of rotatable bonds is 2. The van der Waals surface area contributed by atoms with Gasteiger partial charge >= 0.3 is 5.97 Å². The lowest BCUT2D eigenvalue weighted by atomic mass is 10.4. The molecule has 0 aromatic carbocycles. The van der Waals surface area contributed by atoms with Gasteiger partial charge in [0.15, 0.2) is 11.6 Å². The molecule has 0 aliphatic carbocycles. The summed E-state index contributed by atoms with van der Waals surface area (Å²) in [7, 11) is 1.49. The Labute approximate surface area is 79.6 Å². The average molecular weight is 192 g/mol. The molecule has 5 heteroatoms. The Kier molecular flexibility index (Phi) is 1.85. The number of imidazole rings is 1. The summed E-state index contributed by atoms with van der Waals surface area (Å²) in [5, 5.41) is 8.88. The van der Waals surface area contributed by atoms with Gasteiger partial charge in [0.25, 0.3) is 0 Å². The third-order valence-corrected chi connectivity index (χ3v) is 1.92. The fraction of sp³-hybridized carbons (Fsp3) is 0.111. The van der Waals surface area contributed by atoms with Crippen molar-refractivity contribution in [3.05, 3.63) is 30.1 Å². The number of fused-ring (bicyclic) bond motifs is 1. The lowest BCUT2D eigenvalue weighted by Crippen LogP contribution is -2.03. The Bertz CT molecular complexity index is 490. The summed E-state index contributed by atoms with van der Waals surface area (Å²) < 4.78 is 6.48. The molecule has 14 heavy (non-hydrogen) atoms. The molecule has 5 nitrogen and oxygen atoms in total. The van der Waals surface area contributed by atoms with Gasteiger partial charge in [-0.3, -0.25) is 4.40 Å². The second-order valence-electron chi connectivity index (χ2n) is 2.71. The maximum Gasteiger partial charge on any atom is 0.354 e. The van der Waals surface area contributed by atoms with Gasteiger partial charge in [0, 0.05) is 0 Å². The zero-order valence-corrected chi connectivity index (χ0v) is 7.47. The number of methoxy groups -OCH3 is 1. The van der Waals surface area contributed by atoms with Crippen LogP contribution in [-0.2, 0) is 0 Å². The first kappa shape index (κ1) is 8.55. The van der Waals surface area contributed by atoms with Crippen LogP contribution in [0.4, 0.5) is 0 Å². The number of nitrogens with zero attached hydrogens (tertiary/aromatic N) is 2. The van der Waals surface area contributed by atoms with Crippen LogP contribution in [0.3, 0.4) is 0 Å². The Morgan fingerprint density at radius 2 is 2.36 bits per heavy atom. The van der Waals surface area contributed by atoms with Gasteiger partial charge in [-0.15, -0.1) is 0 Å². The highest BCUT2D eigenvalue weighted by Gasteiger charge is 2.12. The van der Waals surface area contributed by atoms with Crippen LogP contribution in [0.5, 0.6) is 5.88 Å². The lowest BCUT2D eigenvalue weighted by Gasteiger charge is -2.04. The van der Waals surface area contributed by atoms with E-state index in [1.165, 1.54) is 17.7 Å². The maximum absolute atomic E-state index is 10.8. The molecule has 0 aliphatic heterocycles. The van der Waals surface area contributed by atoms with Crippen LogP contribution < -0.4 is 4.74 Å². The lowest BCUT2D eigenvalue weighted by molar-refractivity contribution is 0.0688. The molecule has 2 aromatic rings. The highest BCUT2D eigenvalue weighted by atomic mass is 16.5. The molecule has 0 saturated carbocycles. The molecule has 0 saturated heterocycles. The number of aromatic carboxylic acids is 1. The highest BCUT2D eigenvalue weighted by Crippen LogP contribution is 2.16. The Balaban J connectivity index is 2.81. The number of carboxylic acid groups (broad SMARTS) is 1. The zero-order chi connectivity index (χ0) is 10.1. The SMILES string of the molecule is COc1cccc2ncc(C(=O)O)n12. The van der Waals surface area contributed by atoms with Gasteiger partial charge in [-0.25, -0.2) is 9.78 Å². The van der Waals surface area contributed by atoms with Gasteiger partial charge in [0.1, 0.15) is 5.65 Å². The summed E-state index contributed by atoms with van der Waals surface area (Å²) in [6.45, 7) is 0. The van der Waals surface area contributed by atoms with Gasteiger partial charge in [-0.2, -0.15) is 0 Å². The minimum atomic E-state index is -1.03. The summed E-state index contributed by atoms with van der Waals surface area (Å²) in [6, 6.07) is 5.16. The van der Waals surface area contributed by atoms with Crippen molar-refractivity contribution >= 4 is 11.6 Å².